The Morgan fingerprint density at radius 2 is 1.79 bits per heavy atom. The maximum absolute atomic E-state index is 5.18. The Morgan fingerprint density at radius 3 is 2.50 bits per heavy atom. The Kier molecular flexibility index (Phi) is 5.51. The molecule has 1 aromatic carbocycles. The summed E-state index contributed by atoms with van der Waals surface area (Å²) in [7, 11) is 1.69. The maximum Gasteiger partial charge on any atom is 0.132 e. The van der Waals surface area contributed by atoms with Crippen molar-refractivity contribution < 1.29 is 4.74 Å². The van der Waals surface area contributed by atoms with Gasteiger partial charge in [-0.05, 0) is 43.9 Å². The largest absolute Gasteiger partial charge is 0.497 e. The first-order valence-electron chi connectivity index (χ1n) is 8.72. The molecule has 1 saturated carbocycles. The molecule has 3 rings (SSSR count). The first-order valence-corrected chi connectivity index (χ1v) is 8.72. The van der Waals surface area contributed by atoms with Crippen LogP contribution in [0.2, 0.25) is 0 Å². The van der Waals surface area contributed by atoms with Crippen molar-refractivity contribution in [1.82, 2.24) is 9.97 Å². The van der Waals surface area contributed by atoms with Crippen LogP contribution in [0.4, 0.5) is 11.6 Å². The van der Waals surface area contributed by atoms with E-state index in [1.54, 1.807) is 7.11 Å². The van der Waals surface area contributed by atoms with Gasteiger partial charge in [0.2, 0.25) is 0 Å². The molecule has 0 bridgehead atoms. The molecule has 5 heteroatoms. The number of hydrogen-bond acceptors (Lipinski definition) is 5. The van der Waals surface area contributed by atoms with Crippen LogP contribution in [0.25, 0.3) is 0 Å². The van der Waals surface area contributed by atoms with E-state index < -0.39 is 0 Å². The van der Waals surface area contributed by atoms with Gasteiger partial charge in [-0.15, -0.1) is 0 Å². The molecule has 0 aliphatic heterocycles. The van der Waals surface area contributed by atoms with Crippen LogP contribution in [0.15, 0.2) is 30.3 Å². The SMILES string of the molecule is COc1ccc(CCNc2cc(NC3CCCC3)nc(C)n2)cc1. The Hall–Kier alpha value is -2.30. The molecule has 1 fully saturated rings. The third-order valence-corrected chi connectivity index (χ3v) is 4.42. The molecule has 128 valence electrons. The average molecular weight is 326 g/mol. The van der Waals surface area contributed by atoms with Gasteiger partial charge >= 0.3 is 0 Å². The average Bonchev–Trinajstić information content (AvgIpc) is 3.08. The molecule has 0 radical (unpaired) electrons. The molecule has 0 amide bonds. The fourth-order valence-corrected chi connectivity index (χ4v) is 3.14. The normalized spacial score (nSPS) is 14.6. The number of methoxy groups -OCH3 is 1. The quantitative estimate of drug-likeness (QED) is 0.810. The van der Waals surface area contributed by atoms with E-state index >= 15 is 0 Å². The predicted molar refractivity (Wildman–Crippen MR) is 97.8 cm³/mol. The number of hydrogen-bond donors (Lipinski definition) is 2. The van der Waals surface area contributed by atoms with Gasteiger partial charge in [-0.25, -0.2) is 9.97 Å². The summed E-state index contributed by atoms with van der Waals surface area (Å²) in [6, 6.07) is 10.8. The van der Waals surface area contributed by atoms with Gasteiger partial charge in [0.25, 0.3) is 0 Å². The second-order valence-corrected chi connectivity index (χ2v) is 6.34. The van der Waals surface area contributed by atoms with E-state index in [4.69, 9.17) is 4.74 Å². The highest BCUT2D eigenvalue weighted by Gasteiger charge is 2.15. The smallest absolute Gasteiger partial charge is 0.132 e. The van der Waals surface area contributed by atoms with Crippen molar-refractivity contribution in [2.24, 2.45) is 0 Å². The highest BCUT2D eigenvalue weighted by molar-refractivity contribution is 5.48. The Morgan fingerprint density at radius 1 is 1.08 bits per heavy atom. The number of nitrogens with one attached hydrogen (secondary N) is 2. The summed E-state index contributed by atoms with van der Waals surface area (Å²) >= 11 is 0. The topological polar surface area (TPSA) is 59.1 Å². The molecule has 0 saturated heterocycles. The molecule has 1 aromatic heterocycles. The molecule has 5 nitrogen and oxygen atoms in total. The lowest BCUT2D eigenvalue weighted by atomic mass is 10.1. The van der Waals surface area contributed by atoms with Gasteiger partial charge in [-0.1, -0.05) is 25.0 Å². The number of aryl methyl sites for hydroxylation is 1. The fourth-order valence-electron chi connectivity index (χ4n) is 3.14. The van der Waals surface area contributed by atoms with Crippen molar-refractivity contribution in [3.63, 3.8) is 0 Å². The van der Waals surface area contributed by atoms with Crippen molar-refractivity contribution in [1.29, 1.82) is 0 Å². The van der Waals surface area contributed by atoms with E-state index in [9.17, 15) is 0 Å². The second-order valence-electron chi connectivity index (χ2n) is 6.34. The number of ether oxygens (including phenoxy) is 1. The van der Waals surface area contributed by atoms with Crippen LogP contribution < -0.4 is 15.4 Å². The monoisotopic (exact) mass is 326 g/mol. The van der Waals surface area contributed by atoms with E-state index in [-0.39, 0.29) is 0 Å². The van der Waals surface area contributed by atoms with Crippen LogP contribution in [0.1, 0.15) is 37.1 Å². The van der Waals surface area contributed by atoms with Crippen molar-refractivity contribution in [3.05, 3.63) is 41.7 Å². The van der Waals surface area contributed by atoms with Crippen molar-refractivity contribution in [2.45, 2.75) is 45.1 Å². The van der Waals surface area contributed by atoms with Crippen LogP contribution in [-0.2, 0) is 6.42 Å². The van der Waals surface area contributed by atoms with Crippen molar-refractivity contribution in [3.8, 4) is 5.75 Å². The van der Waals surface area contributed by atoms with Crippen LogP contribution in [0.5, 0.6) is 5.75 Å². The van der Waals surface area contributed by atoms with Gasteiger partial charge in [0.1, 0.15) is 23.2 Å². The van der Waals surface area contributed by atoms with Crippen LogP contribution in [0.3, 0.4) is 0 Å². The van der Waals surface area contributed by atoms with E-state index in [0.29, 0.717) is 6.04 Å². The number of benzene rings is 1. The minimum atomic E-state index is 0.562. The van der Waals surface area contributed by atoms with Crippen LogP contribution in [0, 0.1) is 6.92 Å². The molecule has 1 aliphatic rings. The van der Waals surface area contributed by atoms with Gasteiger partial charge in [0.15, 0.2) is 0 Å². The zero-order valence-corrected chi connectivity index (χ0v) is 14.5. The van der Waals surface area contributed by atoms with E-state index in [2.05, 4.69) is 32.7 Å². The highest BCUT2D eigenvalue weighted by Crippen LogP contribution is 2.22. The Bertz CT molecular complexity index is 651. The summed E-state index contributed by atoms with van der Waals surface area (Å²) in [6.45, 7) is 2.78. The lowest BCUT2D eigenvalue weighted by molar-refractivity contribution is 0.414. The number of aromatic nitrogens is 2. The van der Waals surface area contributed by atoms with Crippen LogP contribution >= 0.6 is 0 Å². The lowest BCUT2D eigenvalue weighted by Crippen LogP contribution is -2.16. The number of nitrogens with zero attached hydrogens (tertiary/aromatic N) is 2. The van der Waals surface area contributed by atoms with Crippen molar-refractivity contribution in [2.75, 3.05) is 24.3 Å². The minimum absolute atomic E-state index is 0.562. The van der Waals surface area contributed by atoms with Crippen molar-refractivity contribution >= 4 is 11.6 Å². The minimum Gasteiger partial charge on any atom is -0.497 e. The fraction of sp³-hybridized carbons (Fsp3) is 0.474. The predicted octanol–water partition coefficient (Wildman–Crippen LogP) is 3.80. The Labute approximate surface area is 143 Å². The molecule has 2 aromatic rings. The summed E-state index contributed by atoms with van der Waals surface area (Å²) in [5, 5.41) is 6.94. The maximum atomic E-state index is 5.18. The van der Waals surface area contributed by atoms with E-state index in [1.165, 1.54) is 31.2 Å². The molecule has 0 atom stereocenters. The summed E-state index contributed by atoms with van der Waals surface area (Å²) in [4.78, 5) is 8.99. The summed E-state index contributed by atoms with van der Waals surface area (Å²) in [6.07, 6.45) is 6.05. The van der Waals surface area contributed by atoms with Gasteiger partial charge in [-0.2, -0.15) is 0 Å². The number of rotatable bonds is 7. The molecule has 1 aliphatic carbocycles. The zero-order chi connectivity index (χ0) is 16.8. The van der Waals surface area contributed by atoms with Gasteiger partial charge in [-0.3, -0.25) is 0 Å². The van der Waals surface area contributed by atoms with E-state index in [0.717, 1.165) is 36.2 Å². The van der Waals surface area contributed by atoms with Crippen LogP contribution in [-0.4, -0.2) is 29.7 Å². The highest BCUT2D eigenvalue weighted by atomic mass is 16.5. The first kappa shape index (κ1) is 16.6. The van der Waals surface area contributed by atoms with Gasteiger partial charge in [0.05, 0.1) is 7.11 Å². The Balaban J connectivity index is 1.54. The molecular formula is C19H26N4O. The standard InChI is InChI=1S/C19H26N4O/c1-14-21-18(13-19(22-14)23-16-5-3-4-6-16)20-12-11-15-7-9-17(24-2)10-8-15/h7-10,13,16H,3-6,11-12H2,1-2H3,(H2,20,21,22,23). The van der Waals surface area contributed by atoms with Gasteiger partial charge < -0.3 is 15.4 Å². The summed E-state index contributed by atoms with van der Waals surface area (Å²) in [5.74, 6) is 3.50. The zero-order valence-electron chi connectivity index (χ0n) is 14.5. The first-order chi connectivity index (χ1) is 11.7. The molecule has 2 N–H and O–H groups in total. The molecular weight excluding hydrogens is 300 g/mol. The molecule has 24 heavy (non-hydrogen) atoms. The molecule has 1 heterocycles. The molecule has 0 spiro atoms. The third-order valence-electron chi connectivity index (χ3n) is 4.42. The lowest BCUT2D eigenvalue weighted by Gasteiger charge is -2.14. The number of anilines is 2. The summed E-state index contributed by atoms with van der Waals surface area (Å²) < 4.78 is 5.18. The third kappa shape index (κ3) is 4.60. The van der Waals surface area contributed by atoms with E-state index in [1.807, 2.05) is 25.1 Å². The van der Waals surface area contributed by atoms with Gasteiger partial charge in [0, 0.05) is 18.7 Å². The molecule has 0 unspecified atom stereocenters. The second kappa shape index (κ2) is 7.99. The summed E-state index contributed by atoms with van der Waals surface area (Å²) in [5.41, 5.74) is 1.28.